The zero-order chi connectivity index (χ0) is 13.2. The minimum atomic E-state index is -0.0456. The molecule has 2 rings (SSSR count). The zero-order valence-corrected chi connectivity index (χ0v) is 10.9. The summed E-state index contributed by atoms with van der Waals surface area (Å²) >= 11 is 0. The van der Waals surface area contributed by atoms with E-state index < -0.39 is 0 Å². The van der Waals surface area contributed by atoms with Crippen LogP contribution < -0.4 is 11.1 Å². The molecule has 96 valence electrons. The smallest absolute Gasteiger partial charge is 0.242 e. The van der Waals surface area contributed by atoms with Crippen molar-refractivity contribution in [1.29, 1.82) is 0 Å². The minimum Gasteiger partial charge on any atom is -0.439 e. The fourth-order valence-corrected chi connectivity index (χ4v) is 2.01. The Bertz CT molecular complexity index is 509. The van der Waals surface area contributed by atoms with Crippen LogP contribution in [0.3, 0.4) is 0 Å². The van der Waals surface area contributed by atoms with Crippen molar-refractivity contribution in [2.45, 2.75) is 25.8 Å². The summed E-state index contributed by atoms with van der Waals surface area (Å²) in [6, 6.07) is 0. The van der Waals surface area contributed by atoms with Crippen molar-refractivity contribution in [3.63, 3.8) is 0 Å². The van der Waals surface area contributed by atoms with Crippen LogP contribution in [-0.4, -0.2) is 11.5 Å². The lowest BCUT2D eigenvalue weighted by molar-refractivity contribution is 0.337. The Morgan fingerprint density at radius 2 is 2.28 bits per heavy atom. The monoisotopic (exact) mass is 245 g/mol. The van der Waals surface area contributed by atoms with Crippen LogP contribution in [0.25, 0.3) is 5.70 Å². The summed E-state index contributed by atoms with van der Waals surface area (Å²) in [4.78, 5) is 4.44. The first-order valence-electron chi connectivity index (χ1n) is 6.01. The first-order valence-corrected chi connectivity index (χ1v) is 6.01. The molecule has 1 aliphatic heterocycles. The number of oxazole rings is 1. The van der Waals surface area contributed by atoms with Gasteiger partial charge in [-0.25, -0.2) is 4.98 Å². The maximum absolute atomic E-state index is 5.94. The Balaban J connectivity index is 2.32. The molecule has 4 heteroatoms. The molecule has 3 N–H and O–H groups in total. The van der Waals surface area contributed by atoms with E-state index in [1.54, 1.807) is 18.2 Å². The molecule has 1 aliphatic rings. The van der Waals surface area contributed by atoms with Crippen LogP contribution in [0.4, 0.5) is 0 Å². The van der Waals surface area contributed by atoms with E-state index in [1.165, 1.54) is 0 Å². The summed E-state index contributed by atoms with van der Waals surface area (Å²) < 4.78 is 5.81. The summed E-state index contributed by atoms with van der Waals surface area (Å²) in [5.74, 6) is 1.42. The van der Waals surface area contributed by atoms with Gasteiger partial charge in [0, 0.05) is 18.5 Å². The minimum absolute atomic E-state index is 0.0456. The van der Waals surface area contributed by atoms with Gasteiger partial charge in [0.2, 0.25) is 5.89 Å². The van der Waals surface area contributed by atoms with E-state index in [1.807, 2.05) is 6.08 Å². The van der Waals surface area contributed by atoms with Crippen LogP contribution in [0.2, 0.25) is 0 Å². The number of nitrogens with two attached hydrogens (primary N) is 1. The highest BCUT2D eigenvalue weighted by molar-refractivity contribution is 5.57. The first kappa shape index (κ1) is 12.6. The largest absolute Gasteiger partial charge is 0.439 e. The third-order valence-electron chi connectivity index (χ3n) is 2.94. The van der Waals surface area contributed by atoms with E-state index >= 15 is 0 Å². The maximum Gasteiger partial charge on any atom is 0.242 e. The summed E-state index contributed by atoms with van der Waals surface area (Å²) in [5, 5.41) is 3.33. The summed E-state index contributed by atoms with van der Waals surface area (Å²) in [5.41, 5.74) is 7.37. The van der Waals surface area contributed by atoms with Crippen molar-refractivity contribution in [1.82, 2.24) is 10.3 Å². The highest BCUT2D eigenvalue weighted by Gasteiger charge is 2.33. The van der Waals surface area contributed by atoms with Crippen molar-refractivity contribution in [3.05, 3.63) is 48.2 Å². The molecule has 1 aromatic heterocycles. The van der Waals surface area contributed by atoms with Gasteiger partial charge in [-0.2, -0.15) is 0 Å². The van der Waals surface area contributed by atoms with E-state index in [4.69, 9.17) is 10.2 Å². The van der Waals surface area contributed by atoms with E-state index in [0.717, 1.165) is 24.5 Å². The predicted octanol–water partition coefficient (Wildman–Crippen LogP) is 2.10. The number of hydrogen-bond donors (Lipinski definition) is 2. The molecule has 0 amide bonds. The van der Waals surface area contributed by atoms with Crippen molar-refractivity contribution in [2.75, 3.05) is 6.54 Å². The third kappa shape index (κ3) is 2.38. The van der Waals surface area contributed by atoms with Gasteiger partial charge in [0.25, 0.3) is 0 Å². The number of nitrogens with zero attached hydrogens (tertiary/aromatic N) is 1. The average Bonchev–Trinajstić information content (AvgIpc) is 2.74. The molecular weight excluding hydrogens is 226 g/mol. The summed E-state index contributed by atoms with van der Waals surface area (Å²) in [7, 11) is 0. The van der Waals surface area contributed by atoms with E-state index in [0.29, 0.717) is 11.6 Å². The molecule has 1 aromatic rings. The zero-order valence-electron chi connectivity index (χ0n) is 10.9. The molecule has 0 saturated carbocycles. The van der Waals surface area contributed by atoms with Gasteiger partial charge in [0.1, 0.15) is 5.76 Å². The maximum atomic E-state index is 5.94. The second-order valence-electron chi connectivity index (χ2n) is 5.02. The van der Waals surface area contributed by atoms with E-state index in [9.17, 15) is 0 Å². The molecule has 0 aromatic carbocycles. The van der Waals surface area contributed by atoms with E-state index in [2.05, 4.69) is 30.7 Å². The number of rotatable bonds is 3. The lowest BCUT2D eigenvalue weighted by Gasteiger charge is -2.27. The molecule has 0 bridgehead atoms. The molecule has 0 spiro atoms. The fraction of sp³-hybridized carbons (Fsp3) is 0.357. The predicted molar refractivity (Wildman–Crippen MR) is 72.7 cm³/mol. The lowest BCUT2D eigenvalue weighted by atomic mass is 9.86. The number of aromatic nitrogens is 1. The SMILES string of the molecule is C=C/C=C\C=C(/N)c1nc2c(o1)C(C)(C)CNC2. The molecule has 0 fully saturated rings. The van der Waals surface area contributed by atoms with Gasteiger partial charge in [-0.05, 0) is 6.08 Å². The molecule has 4 nitrogen and oxygen atoms in total. The van der Waals surface area contributed by atoms with Crippen LogP contribution in [0.5, 0.6) is 0 Å². The molecular formula is C14H19N3O. The number of allylic oxidation sites excluding steroid dienone is 4. The van der Waals surface area contributed by atoms with Crippen LogP contribution in [-0.2, 0) is 12.0 Å². The van der Waals surface area contributed by atoms with Crippen LogP contribution in [0, 0.1) is 0 Å². The Morgan fingerprint density at radius 1 is 1.50 bits per heavy atom. The second kappa shape index (κ2) is 4.82. The van der Waals surface area contributed by atoms with Crippen LogP contribution in [0.15, 0.2) is 35.3 Å². The molecule has 0 radical (unpaired) electrons. The first-order chi connectivity index (χ1) is 8.54. The normalized spacial score (nSPS) is 18.9. The lowest BCUT2D eigenvalue weighted by Crippen LogP contribution is -2.38. The van der Waals surface area contributed by atoms with Crippen LogP contribution in [0.1, 0.15) is 31.2 Å². The van der Waals surface area contributed by atoms with Gasteiger partial charge in [0.05, 0.1) is 11.4 Å². The Labute approximate surface area is 107 Å². The van der Waals surface area contributed by atoms with Gasteiger partial charge in [-0.1, -0.05) is 38.7 Å². The number of nitrogens with one attached hydrogen (secondary N) is 1. The van der Waals surface area contributed by atoms with Crippen molar-refractivity contribution < 1.29 is 4.42 Å². The highest BCUT2D eigenvalue weighted by atomic mass is 16.4. The van der Waals surface area contributed by atoms with Gasteiger partial charge in [-0.3, -0.25) is 0 Å². The Hall–Kier alpha value is -1.81. The summed E-state index contributed by atoms with van der Waals surface area (Å²) in [6.45, 7) is 9.47. The quantitative estimate of drug-likeness (QED) is 0.800. The van der Waals surface area contributed by atoms with Gasteiger partial charge in [0.15, 0.2) is 0 Å². The summed E-state index contributed by atoms with van der Waals surface area (Å²) in [6.07, 6.45) is 7.08. The van der Waals surface area contributed by atoms with Crippen LogP contribution >= 0.6 is 0 Å². The molecule has 0 atom stereocenters. The third-order valence-corrected chi connectivity index (χ3v) is 2.94. The Morgan fingerprint density at radius 3 is 2.94 bits per heavy atom. The molecule has 2 heterocycles. The van der Waals surface area contributed by atoms with Crippen molar-refractivity contribution in [2.24, 2.45) is 5.73 Å². The Kier molecular flexibility index (Phi) is 3.39. The van der Waals surface area contributed by atoms with Crippen molar-refractivity contribution >= 4 is 5.70 Å². The second-order valence-corrected chi connectivity index (χ2v) is 5.02. The van der Waals surface area contributed by atoms with Gasteiger partial charge < -0.3 is 15.5 Å². The number of fused-ring (bicyclic) bond motifs is 1. The molecule has 0 saturated heterocycles. The number of hydrogen-bond acceptors (Lipinski definition) is 4. The highest BCUT2D eigenvalue weighted by Crippen LogP contribution is 2.31. The van der Waals surface area contributed by atoms with Gasteiger partial charge >= 0.3 is 0 Å². The van der Waals surface area contributed by atoms with Crippen molar-refractivity contribution in [3.8, 4) is 0 Å². The molecule has 0 aliphatic carbocycles. The van der Waals surface area contributed by atoms with Gasteiger partial charge in [-0.15, -0.1) is 0 Å². The van der Waals surface area contributed by atoms with E-state index in [-0.39, 0.29) is 5.41 Å². The average molecular weight is 245 g/mol. The molecule has 18 heavy (non-hydrogen) atoms. The fourth-order valence-electron chi connectivity index (χ4n) is 2.01. The topological polar surface area (TPSA) is 64.1 Å². The standard InChI is InChI=1S/C14H19N3O/c1-4-5-6-7-10(15)13-17-11-8-16-9-14(2,3)12(11)18-13/h4-7,16H,1,8-9,15H2,2-3H3/b6-5-,10-7-. The molecule has 0 unspecified atom stereocenters.